The van der Waals surface area contributed by atoms with Crippen molar-refractivity contribution < 1.29 is 18.9 Å². The first-order valence-corrected chi connectivity index (χ1v) is 7.68. The van der Waals surface area contributed by atoms with Crippen LogP contribution in [0.3, 0.4) is 0 Å². The summed E-state index contributed by atoms with van der Waals surface area (Å²) < 4.78 is 11.2. The lowest BCUT2D eigenvalue weighted by Crippen LogP contribution is -2.57. The summed E-state index contributed by atoms with van der Waals surface area (Å²) in [5.41, 5.74) is 0. The number of carbonyl (C=O) groups excluding carboxylic acids is 1. The molecular weight excluding hydrogens is 302 g/mol. The Morgan fingerprint density at radius 3 is 2.60 bits per heavy atom. The third-order valence-corrected chi connectivity index (χ3v) is 6.28. The highest BCUT2D eigenvalue weighted by atomic mass is 35.5. The molecule has 0 aliphatic carbocycles. The van der Waals surface area contributed by atoms with E-state index in [4.69, 9.17) is 11.6 Å². The van der Waals surface area contributed by atoms with E-state index in [-0.39, 0.29) is 24.8 Å². The van der Waals surface area contributed by atoms with E-state index in [0.29, 0.717) is 4.90 Å². The van der Waals surface area contributed by atoms with Crippen LogP contribution in [0.5, 0.6) is 0 Å². The minimum atomic E-state index is -1.70. The Balaban J connectivity index is 2.00. The molecule has 0 aromatic heterocycles. The van der Waals surface area contributed by atoms with Crippen LogP contribution in [-0.2, 0) is 20.4 Å². The first-order valence-electron chi connectivity index (χ1n) is 6.15. The molecule has 1 aromatic rings. The number of carbonyl (C=O) groups is 2. The third kappa shape index (κ3) is 1.78. The van der Waals surface area contributed by atoms with E-state index in [2.05, 4.69) is 0 Å². The van der Waals surface area contributed by atoms with Crippen LogP contribution in [0.2, 0.25) is 0 Å². The highest BCUT2D eigenvalue weighted by Crippen LogP contribution is 2.48. The number of hydrogen-bond donors (Lipinski definition) is 1. The van der Waals surface area contributed by atoms with Gasteiger partial charge in [-0.3, -0.25) is 9.00 Å². The van der Waals surface area contributed by atoms with Gasteiger partial charge in [-0.25, -0.2) is 4.79 Å². The Morgan fingerprint density at radius 2 is 2.05 bits per heavy atom. The zero-order valence-electron chi connectivity index (χ0n) is 10.4. The van der Waals surface area contributed by atoms with Crippen LogP contribution < -0.4 is 0 Å². The molecule has 7 heteroatoms. The average molecular weight is 314 g/mol. The van der Waals surface area contributed by atoms with Gasteiger partial charge in [-0.2, -0.15) is 0 Å². The molecule has 4 atom stereocenters. The number of benzene rings is 1. The predicted molar refractivity (Wildman–Crippen MR) is 72.7 cm³/mol. The molecule has 2 aliphatic heterocycles. The lowest BCUT2D eigenvalue weighted by atomic mass is 10.0. The van der Waals surface area contributed by atoms with Crippen molar-refractivity contribution in [2.24, 2.45) is 0 Å². The zero-order chi connectivity index (χ0) is 14.5. The maximum absolute atomic E-state index is 12.7. The van der Waals surface area contributed by atoms with E-state index < -0.39 is 27.0 Å². The van der Waals surface area contributed by atoms with Crippen molar-refractivity contribution in [1.82, 2.24) is 4.90 Å². The third-order valence-electron chi connectivity index (χ3n) is 3.79. The van der Waals surface area contributed by atoms with Gasteiger partial charge in [0.25, 0.3) is 0 Å². The molecule has 1 amide bonds. The molecule has 3 rings (SSSR count). The molecule has 1 N–H and O–H groups in total. The summed E-state index contributed by atoms with van der Waals surface area (Å²) in [5.74, 6) is -1.45. The summed E-state index contributed by atoms with van der Waals surface area (Å²) in [4.78, 5) is 24.8. The Bertz CT molecular complexity index is 608. The highest BCUT2D eigenvalue weighted by molar-refractivity contribution is 7.88. The Hall–Kier alpha value is -1.40. The zero-order valence-corrected chi connectivity index (χ0v) is 11.9. The normalized spacial score (nSPS) is 33.5. The molecule has 0 bridgehead atoms. The van der Waals surface area contributed by atoms with Gasteiger partial charge in [0.2, 0.25) is 5.91 Å². The van der Waals surface area contributed by atoms with E-state index in [1.165, 1.54) is 4.90 Å². The second-order valence-electron chi connectivity index (χ2n) is 4.97. The molecular formula is C13H12ClNO4S. The van der Waals surface area contributed by atoms with Crippen molar-refractivity contribution in [3.63, 3.8) is 0 Å². The number of aliphatic carboxylic acids is 1. The summed E-state index contributed by atoms with van der Waals surface area (Å²) in [6.45, 7) is 0. The van der Waals surface area contributed by atoms with Crippen molar-refractivity contribution in [2.45, 2.75) is 34.0 Å². The molecule has 2 aliphatic rings. The van der Waals surface area contributed by atoms with Gasteiger partial charge < -0.3 is 10.0 Å². The molecule has 106 valence electrons. The van der Waals surface area contributed by atoms with Gasteiger partial charge in [-0.15, -0.1) is 11.6 Å². The van der Waals surface area contributed by atoms with Gasteiger partial charge in [0.15, 0.2) is 10.2 Å². The number of alkyl halides is 1. The van der Waals surface area contributed by atoms with Gasteiger partial charge in [0, 0.05) is 23.8 Å². The van der Waals surface area contributed by atoms with Crippen molar-refractivity contribution in [2.75, 3.05) is 0 Å². The molecule has 0 saturated carbocycles. The largest absolute Gasteiger partial charge is 0.480 e. The predicted octanol–water partition coefficient (Wildman–Crippen LogP) is 1.19. The van der Waals surface area contributed by atoms with E-state index >= 15 is 0 Å². The quantitative estimate of drug-likeness (QED) is 0.672. The molecule has 20 heavy (non-hydrogen) atoms. The molecule has 1 aromatic carbocycles. The fraction of sp³-hybridized carbons (Fsp3) is 0.385. The van der Waals surface area contributed by atoms with Crippen molar-refractivity contribution in [3.05, 3.63) is 30.3 Å². The van der Waals surface area contributed by atoms with E-state index in [0.717, 1.165) is 0 Å². The van der Waals surface area contributed by atoms with E-state index in [1.54, 1.807) is 30.3 Å². The van der Waals surface area contributed by atoms with Crippen LogP contribution in [0.25, 0.3) is 0 Å². The van der Waals surface area contributed by atoms with Crippen LogP contribution in [0, 0.1) is 0 Å². The van der Waals surface area contributed by atoms with Crippen molar-refractivity contribution >= 4 is 34.3 Å². The second kappa shape index (κ2) is 4.56. The monoisotopic (exact) mass is 313 g/mol. The number of β-lactam (4-membered cyclic amide) rings is 1. The lowest BCUT2D eigenvalue weighted by molar-refractivity contribution is -0.156. The van der Waals surface area contributed by atoms with Crippen LogP contribution in [0.15, 0.2) is 35.2 Å². The summed E-state index contributed by atoms with van der Waals surface area (Å²) in [5, 5.41) is 9.37. The number of rotatable bonds is 3. The minimum Gasteiger partial charge on any atom is -0.480 e. The van der Waals surface area contributed by atoms with E-state index in [9.17, 15) is 18.9 Å². The van der Waals surface area contributed by atoms with Gasteiger partial charge in [0.05, 0.1) is 10.8 Å². The summed E-state index contributed by atoms with van der Waals surface area (Å²) >= 11 is 6.44. The number of nitrogens with zero attached hydrogens (tertiary/aromatic N) is 1. The number of carboxylic acid groups (broad SMARTS) is 1. The molecule has 0 radical (unpaired) electrons. The number of fused-ring (bicyclic) bond motifs is 1. The first-order chi connectivity index (χ1) is 9.45. The van der Waals surface area contributed by atoms with Crippen molar-refractivity contribution in [1.29, 1.82) is 0 Å². The second-order valence-corrected chi connectivity index (χ2v) is 7.61. The van der Waals surface area contributed by atoms with Gasteiger partial charge in [0.1, 0.15) is 0 Å². The molecule has 4 unspecified atom stereocenters. The summed E-state index contributed by atoms with van der Waals surface area (Å²) in [6.07, 6.45) is 0.517. The SMILES string of the molecule is O=C(O)C1N2C(=O)CC2CC1(Cl)S(=O)c1ccccc1. The van der Waals surface area contributed by atoms with Crippen LogP contribution in [0.1, 0.15) is 12.8 Å². The molecule has 2 fully saturated rings. The minimum absolute atomic E-state index is 0.214. The smallest absolute Gasteiger partial charge is 0.329 e. The average Bonchev–Trinajstić information content (AvgIpc) is 2.68. The lowest BCUT2D eigenvalue weighted by Gasteiger charge is -2.37. The van der Waals surface area contributed by atoms with Crippen molar-refractivity contribution in [3.8, 4) is 0 Å². The van der Waals surface area contributed by atoms with Crippen LogP contribution in [-0.4, -0.2) is 42.4 Å². The fourth-order valence-corrected chi connectivity index (χ4v) is 5.08. The maximum atomic E-state index is 12.7. The molecule has 0 spiro atoms. The first kappa shape index (κ1) is 13.6. The fourth-order valence-electron chi connectivity index (χ4n) is 2.88. The molecule has 2 saturated heterocycles. The number of hydrogen-bond acceptors (Lipinski definition) is 3. The van der Waals surface area contributed by atoms with E-state index in [1.807, 2.05) is 0 Å². The Kier molecular flexibility index (Phi) is 3.10. The number of carboxylic acids is 1. The molecule has 5 nitrogen and oxygen atoms in total. The topological polar surface area (TPSA) is 74.7 Å². The standard InChI is InChI=1S/C13H12ClNO4S/c14-13(20(19)9-4-2-1-3-5-9)7-8-6-10(16)15(8)11(13)12(17)18/h1-5,8,11H,6-7H2,(H,17,18). The van der Waals surface area contributed by atoms with Crippen LogP contribution >= 0.6 is 11.6 Å². The van der Waals surface area contributed by atoms with Gasteiger partial charge >= 0.3 is 5.97 Å². The maximum Gasteiger partial charge on any atom is 0.329 e. The molecule has 2 heterocycles. The summed E-state index contributed by atoms with van der Waals surface area (Å²) in [7, 11) is -1.70. The summed E-state index contributed by atoms with van der Waals surface area (Å²) in [6, 6.07) is 7.07. The van der Waals surface area contributed by atoms with Gasteiger partial charge in [-0.05, 0) is 12.1 Å². The Morgan fingerprint density at radius 1 is 1.40 bits per heavy atom. The number of amides is 1. The number of halogens is 1. The highest BCUT2D eigenvalue weighted by Gasteiger charge is 2.64. The Labute approximate surface area is 123 Å². The van der Waals surface area contributed by atoms with Crippen LogP contribution in [0.4, 0.5) is 0 Å². The van der Waals surface area contributed by atoms with Gasteiger partial charge in [-0.1, -0.05) is 18.2 Å².